The predicted molar refractivity (Wildman–Crippen MR) is 141 cm³/mol. The van der Waals surface area contributed by atoms with Crippen molar-refractivity contribution in [2.24, 2.45) is 0 Å². The van der Waals surface area contributed by atoms with Crippen molar-refractivity contribution in [3.63, 3.8) is 0 Å². The first kappa shape index (κ1) is 26.4. The lowest BCUT2D eigenvalue weighted by Crippen LogP contribution is -2.04. The second-order valence-corrected chi connectivity index (χ2v) is 9.97. The molecule has 3 heteroatoms. The fraction of sp³-hybridized carbons (Fsp3) is 0.613. The lowest BCUT2D eigenvalue weighted by molar-refractivity contribution is 0.358. The van der Waals surface area contributed by atoms with Crippen LogP contribution in [0, 0.1) is 0 Å². The average molecular weight is 467 g/mol. The third-order valence-electron chi connectivity index (χ3n) is 6.89. The summed E-state index contributed by atoms with van der Waals surface area (Å²) in [6, 6.07) is 13.0. The standard InChI is InChI=1S/C31H46O3/c1-5-8-11-14-25-17-20-29(32-25)24(4)23-28(30-21-18-26(33-30)15-12-9-6-2)31-22-19-27(34-31)16-13-10-7-3/h17-22,24,28H,5-16,23H2,1-4H3. The predicted octanol–water partition coefficient (Wildman–Crippen LogP) is 9.99. The third-order valence-corrected chi connectivity index (χ3v) is 6.89. The van der Waals surface area contributed by atoms with Gasteiger partial charge in [0, 0.05) is 25.2 Å². The van der Waals surface area contributed by atoms with E-state index in [1.165, 1.54) is 57.8 Å². The fourth-order valence-corrected chi connectivity index (χ4v) is 4.72. The highest BCUT2D eigenvalue weighted by atomic mass is 16.4. The van der Waals surface area contributed by atoms with Gasteiger partial charge in [0.15, 0.2) is 0 Å². The number of rotatable bonds is 17. The Hall–Kier alpha value is -2.16. The molecule has 0 bridgehead atoms. The van der Waals surface area contributed by atoms with E-state index in [0.717, 1.165) is 60.2 Å². The molecule has 0 aromatic carbocycles. The normalized spacial score (nSPS) is 12.6. The second kappa shape index (κ2) is 14.3. The Labute approximate surface area is 207 Å². The molecule has 34 heavy (non-hydrogen) atoms. The minimum absolute atomic E-state index is 0.100. The molecule has 3 rings (SSSR count). The van der Waals surface area contributed by atoms with Gasteiger partial charge < -0.3 is 13.3 Å². The highest BCUT2D eigenvalue weighted by molar-refractivity contribution is 5.24. The molecule has 0 radical (unpaired) electrons. The van der Waals surface area contributed by atoms with E-state index in [1.54, 1.807) is 0 Å². The maximum atomic E-state index is 6.37. The molecule has 0 amide bonds. The zero-order valence-corrected chi connectivity index (χ0v) is 22.0. The number of furan rings is 3. The molecular formula is C31H46O3. The largest absolute Gasteiger partial charge is 0.466 e. The van der Waals surface area contributed by atoms with Gasteiger partial charge in [0.1, 0.15) is 34.6 Å². The van der Waals surface area contributed by atoms with Crippen LogP contribution in [-0.2, 0) is 19.3 Å². The van der Waals surface area contributed by atoms with E-state index >= 15 is 0 Å². The van der Waals surface area contributed by atoms with Crippen LogP contribution in [0.3, 0.4) is 0 Å². The Bertz CT molecular complexity index is 880. The minimum atomic E-state index is 0.100. The summed E-state index contributed by atoms with van der Waals surface area (Å²) in [5.74, 6) is 6.78. The van der Waals surface area contributed by atoms with Gasteiger partial charge in [-0.3, -0.25) is 0 Å². The summed E-state index contributed by atoms with van der Waals surface area (Å²) in [5.41, 5.74) is 0. The Morgan fingerprint density at radius 2 is 0.912 bits per heavy atom. The van der Waals surface area contributed by atoms with Crippen LogP contribution in [0.25, 0.3) is 0 Å². The summed E-state index contributed by atoms with van der Waals surface area (Å²) in [6.45, 7) is 8.98. The van der Waals surface area contributed by atoms with E-state index in [9.17, 15) is 0 Å². The molecule has 188 valence electrons. The number of hydrogen-bond donors (Lipinski definition) is 0. The molecule has 0 fully saturated rings. The van der Waals surface area contributed by atoms with Crippen LogP contribution in [0.5, 0.6) is 0 Å². The monoisotopic (exact) mass is 466 g/mol. The quantitative estimate of drug-likeness (QED) is 0.186. The van der Waals surface area contributed by atoms with Crippen molar-refractivity contribution in [3.05, 3.63) is 71.0 Å². The summed E-state index contributed by atoms with van der Waals surface area (Å²) in [5, 5.41) is 0. The molecule has 1 atom stereocenters. The maximum Gasteiger partial charge on any atom is 0.114 e. The van der Waals surface area contributed by atoms with E-state index in [1.807, 2.05) is 0 Å². The highest BCUT2D eigenvalue weighted by Crippen LogP contribution is 2.37. The number of unbranched alkanes of at least 4 members (excludes halogenated alkanes) is 6. The van der Waals surface area contributed by atoms with E-state index in [2.05, 4.69) is 64.1 Å². The Balaban J connectivity index is 1.74. The lowest BCUT2D eigenvalue weighted by Gasteiger charge is -2.17. The van der Waals surface area contributed by atoms with Crippen LogP contribution in [0.4, 0.5) is 0 Å². The van der Waals surface area contributed by atoms with Gasteiger partial charge >= 0.3 is 0 Å². The van der Waals surface area contributed by atoms with Gasteiger partial charge in [-0.25, -0.2) is 0 Å². The molecule has 0 saturated heterocycles. The summed E-state index contributed by atoms with van der Waals surface area (Å²) in [4.78, 5) is 0. The van der Waals surface area contributed by atoms with Gasteiger partial charge in [0.2, 0.25) is 0 Å². The zero-order valence-electron chi connectivity index (χ0n) is 22.0. The number of aryl methyl sites for hydroxylation is 3. The van der Waals surface area contributed by atoms with E-state index in [4.69, 9.17) is 13.3 Å². The molecule has 0 aliphatic heterocycles. The fourth-order valence-electron chi connectivity index (χ4n) is 4.72. The van der Waals surface area contributed by atoms with Crippen molar-refractivity contribution in [1.82, 2.24) is 0 Å². The molecule has 3 heterocycles. The van der Waals surface area contributed by atoms with E-state index in [0.29, 0.717) is 0 Å². The SMILES string of the molecule is CCCCCc1ccc(C(C)CC(c2ccc(CCCCC)o2)c2ccc(CCCCC)o2)o1. The maximum absolute atomic E-state index is 6.37. The van der Waals surface area contributed by atoms with Crippen LogP contribution in [0.1, 0.15) is 138 Å². The van der Waals surface area contributed by atoms with Crippen LogP contribution < -0.4 is 0 Å². The zero-order chi connectivity index (χ0) is 24.2. The van der Waals surface area contributed by atoms with E-state index < -0.39 is 0 Å². The van der Waals surface area contributed by atoms with Gasteiger partial charge in [0.25, 0.3) is 0 Å². The topological polar surface area (TPSA) is 39.4 Å². The molecule has 1 unspecified atom stereocenters. The van der Waals surface area contributed by atoms with Gasteiger partial charge in [-0.2, -0.15) is 0 Å². The molecule has 3 aromatic heterocycles. The van der Waals surface area contributed by atoms with Crippen molar-refractivity contribution in [1.29, 1.82) is 0 Å². The number of hydrogen-bond acceptors (Lipinski definition) is 3. The van der Waals surface area contributed by atoms with Gasteiger partial charge in [-0.1, -0.05) is 66.2 Å². The first-order valence-electron chi connectivity index (χ1n) is 13.9. The van der Waals surface area contributed by atoms with Crippen LogP contribution in [0.2, 0.25) is 0 Å². The summed E-state index contributed by atoms with van der Waals surface area (Å²) in [7, 11) is 0. The molecule has 0 spiro atoms. The first-order valence-corrected chi connectivity index (χ1v) is 13.9. The Kier molecular flexibility index (Phi) is 11.1. The molecule has 3 nitrogen and oxygen atoms in total. The smallest absolute Gasteiger partial charge is 0.114 e. The second-order valence-electron chi connectivity index (χ2n) is 9.97. The third kappa shape index (κ3) is 7.96. The van der Waals surface area contributed by atoms with Crippen molar-refractivity contribution in [2.45, 2.75) is 123 Å². The Morgan fingerprint density at radius 1 is 0.529 bits per heavy atom. The summed E-state index contributed by atoms with van der Waals surface area (Å²) >= 11 is 0. The van der Waals surface area contributed by atoms with Crippen molar-refractivity contribution >= 4 is 0 Å². The summed E-state index contributed by atoms with van der Waals surface area (Å²) in [6.07, 6.45) is 14.9. The van der Waals surface area contributed by atoms with Gasteiger partial charge in [-0.15, -0.1) is 0 Å². The van der Waals surface area contributed by atoms with E-state index in [-0.39, 0.29) is 11.8 Å². The van der Waals surface area contributed by atoms with Crippen LogP contribution in [-0.4, -0.2) is 0 Å². The molecule has 0 N–H and O–H groups in total. The summed E-state index contributed by atoms with van der Waals surface area (Å²) < 4.78 is 19.0. The molecule has 0 aliphatic carbocycles. The van der Waals surface area contributed by atoms with Crippen molar-refractivity contribution in [3.8, 4) is 0 Å². The van der Waals surface area contributed by atoms with Crippen LogP contribution >= 0.6 is 0 Å². The van der Waals surface area contributed by atoms with Crippen LogP contribution in [0.15, 0.2) is 49.6 Å². The Morgan fingerprint density at radius 3 is 1.32 bits per heavy atom. The minimum Gasteiger partial charge on any atom is -0.466 e. The van der Waals surface area contributed by atoms with Gasteiger partial charge in [0.05, 0.1) is 5.92 Å². The molecule has 0 aliphatic rings. The molecule has 0 saturated carbocycles. The lowest BCUT2D eigenvalue weighted by atomic mass is 9.90. The molecule has 3 aromatic rings. The highest BCUT2D eigenvalue weighted by Gasteiger charge is 2.26. The van der Waals surface area contributed by atoms with Crippen molar-refractivity contribution < 1.29 is 13.3 Å². The van der Waals surface area contributed by atoms with Crippen molar-refractivity contribution in [2.75, 3.05) is 0 Å². The first-order chi connectivity index (χ1) is 16.6. The molecular weight excluding hydrogens is 420 g/mol. The van der Waals surface area contributed by atoms with Gasteiger partial charge in [-0.05, 0) is 62.1 Å². The average Bonchev–Trinajstić information content (AvgIpc) is 3.59.